The molecule has 1 fully saturated rings. The summed E-state index contributed by atoms with van der Waals surface area (Å²) in [5, 5.41) is 0. The summed E-state index contributed by atoms with van der Waals surface area (Å²) in [4.78, 5) is 39.7. The maximum absolute atomic E-state index is 13.6. The number of hydrogen-bond donors (Lipinski definition) is 0. The van der Waals surface area contributed by atoms with E-state index in [4.69, 9.17) is 45.0 Å². The standard InChI is InChI=1S/C45H46F3N5O8/c1-44(2,3)61-43(55)52(27-45(46,47)48)16-19-59-38-23-32(42(54)56-5)21-36-41(38)51-39(53(36)25-34-15-18-57-34)24-30-12-11-29-22-37(30)58-17-7-8-28-20-33(49-4)14-13-31(28)26-60-40-10-6-9-35(29)50-40/h6,9-14,20-23,34H,7-8,15-19,24-27H2,1-3,5H3/t34-/m0/s1. The molecule has 4 bridgehead atoms. The molecule has 3 aromatic carbocycles. The summed E-state index contributed by atoms with van der Waals surface area (Å²) in [5.41, 5.74) is 4.79. The number of pyridine rings is 1. The third-order valence-corrected chi connectivity index (χ3v) is 10.1. The lowest BCUT2D eigenvalue weighted by Crippen LogP contribution is -2.44. The molecular weight excluding hydrogens is 796 g/mol. The minimum absolute atomic E-state index is 0.117. The van der Waals surface area contributed by atoms with Crippen LogP contribution in [0.1, 0.15) is 66.5 Å². The Morgan fingerprint density at radius 2 is 1.82 bits per heavy atom. The number of hydrogen-bond acceptors (Lipinski definition) is 10. The number of benzene rings is 3. The van der Waals surface area contributed by atoms with Gasteiger partial charge in [-0.15, -0.1) is 0 Å². The van der Waals surface area contributed by atoms with Gasteiger partial charge in [-0.3, -0.25) is 4.90 Å². The van der Waals surface area contributed by atoms with E-state index in [0.29, 0.717) is 84.0 Å². The largest absolute Gasteiger partial charge is 0.493 e. The van der Waals surface area contributed by atoms with Crippen molar-refractivity contribution in [2.45, 2.75) is 77.5 Å². The smallest absolute Gasteiger partial charge is 0.410 e. The fourth-order valence-corrected chi connectivity index (χ4v) is 7.07. The van der Waals surface area contributed by atoms with Crippen LogP contribution in [0.5, 0.6) is 17.4 Å². The summed E-state index contributed by atoms with van der Waals surface area (Å²) in [6, 6.07) is 20.0. The van der Waals surface area contributed by atoms with Crippen LogP contribution in [0.15, 0.2) is 66.7 Å². The summed E-state index contributed by atoms with van der Waals surface area (Å²) >= 11 is 0. The second kappa shape index (κ2) is 18.1. The fraction of sp³-hybridized carbons (Fsp3) is 0.400. The zero-order chi connectivity index (χ0) is 43.3. The first-order valence-corrected chi connectivity index (χ1v) is 19.9. The number of rotatable bonds is 10. The lowest BCUT2D eigenvalue weighted by Gasteiger charge is -2.28. The summed E-state index contributed by atoms with van der Waals surface area (Å²) in [6.07, 6.45) is -3.57. The monoisotopic (exact) mass is 841 g/mol. The first-order valence-electron chi connectivity index (χ1n) is 19.9. The average Bonchev–Trinajstić information content (AvgIpc) is 3.55. The molecule has 1 atom stereocenters. The number of methoxy groups -OCH3 is 1. The zero-order valence-corrected chi connectivity index (χ0v) is 34.3. The van der Waals surface area contributed by atoms with Crippen molar-refractivity contribution in [3.63, 3.8) is 0 Å². The molecule has 0 saturated carbocycles. The molecule has 0 aliphatic carbocycles. The average molecular weight is 842 g/mol. The van der Waals surface area contributed by atoms with Crippen LogP contribution in [0.25, 0.3) is 27.1 Å². The van der Waals surface area contributed by atoms with Gasteiger partial charge >= 0.3 is 18.2 Å². The Bertz CT molecular complexity index is 2450. The van der Waals surface area contributed by atoms with E-state index < -0.39 is 36.9 Å². The first kappa shape index (κ1) is 42.8. The Labute approximate surface area is 351 Å². The van der Waals surface area contributed by atoms with Gasteiger partial charge in [0.15, 0.2) is 5.69 Å². The molecule has 320 valence electrons. The Balaban J connectivity index is 1.24. The van der Waals surface area contributed by atoms with Gasteiger partial charge in [0, 0.05) is 30.2 Å². The molecule has 2 aromatic heterocycles. The number of alkyl halides is 3. The highest BCUT2D eigenvalue weighted by molar-refractivity contribution is 5.96. The molecule has 4 heterocycles. The van der Waals surface area contributed by atoms with Crippen molar-refractivity contribution in [3.8, 4) is 28.6 Å². The number of carbonyl (C=O) groups is 2. The van der Waals surface area contributed by atoms with E-state index in [2.05, 4.69) is 4.85 Å². The molecule has 2 aliphatic rings. The van der Waals surface area contributed by atoms with Crippen LogP contribution in [-0.2, 0) is 40.2 Å². The van der Waals surface area contributed by atoms with Crippen LogP contribution >= 0.6 is 0 Å². The van der Waals surface area contributed by atoms with E-state index in [1.54, 1.807) is 39.0 Å². The Morgan fingerprint density at radius 1 is 1.00 bits per heavy atom. The van der Waals surface area contributed by atoms with E-state index in [9.17, 15) is 22.8 Å². The van der Waals surface area contributed by atoms with Gasteiger partial charge < -0.3 is 33.0 Å². The summed E-state index contributed by atoms with van der Waals surface area (Å²) < 4.78 is 77.5. The van der Waals surface area contributed by atoms with E-state index >= 15 is 0 Å². The van der Waals surface area contributed by atoms with Gasteiger partial charge in [0.25, 0.3) is 0 Å². The molecule has 0 unspecified atom stereocenters. The van der Waals surface area contributed by atoms with Crippen molar-refractivity contribution in [3.05, 3.63) is 106 Å². The number of carbonyl (C=O) groups excluding carboxylic acids is 2. The number of imidazole rings is 1. The van der Waals surface area contributed by atoms with Gasteiger partial charge in [0.1, 0.15) is 48.2 Å². The SMILES string of the molecule is [C-]#[N+]c1ccc2c(c1)CCCOc1cc(ccc1Cc1nc3c(OCCN(CC(F)(F)F)C(=O)OC(C)(C)C)cc(C(=O)OC)cc3n1C[C@@H]1CCO1)-c1cccc(n1)OC2. The normalized spacial score (nSPS) is 15.2. The predicted molar refractivity (Wildman–Crippen MR) is 218 cm³/mol. The minimum atomic E-state index is -4.69. The maximum atomic E-state index is 13.6. The number of amides is 1. The number of aryl methyl sites for hydroxylation is 1. The van der Waals surface area contributed by atoms with Crippen molar-refractivity contribution in [2.24, 2.45) is 0 Å². The van der Waals surface area contributed by atoms with Gasteiger partial charge in [-0.1, -0.05) is 42.0 Å². The number of ether oxygens (including phenoxy) is 6. The van der Waals surface area contributed by atoms with Crippen molar-refractivity contribution in [1.29, 1.82) is 0 Å². The number of esters is 1. The van der Waals surface area contributed by atoms with Gasteiger partial charge in [0.2, 0.25) is 5.88 Å². The van der Waals surface area contributed by atoms with Gasteiger partial charge in [-0.2, -0.15) is 13.2 Å². The van der Waals surface area contributed by atoms with Crippen LogP contribution in [0.2, 0.25) is 0 Å². The lowest BCUT2D eigenvalue weighted by atomic mass is 10.0. The highest BCUT2D eigenvalue weighted by atomic mass is 19.4. The van der Waals surface area contributed by atoms with Crippen molar-refractivity contribution < 1.29 is 51.2 Å². The third kappa shape index (κ3) is 10.7. The van der Waals surface area contributed by atoms with Gasteiger partial charge in [-0.05, 0) is 69.9 Å². The highest BCUT2D eigenvalue weighted by Crippen LogP contribution is 2.35. The molecule has 0 radical (unpaired) electrons. The Kier molecular flexibility index (Phi) is 12.7. The van der Waals surface area contributed by atoms with E-state index in [1.165, 1.54) is 13.2 Å². The van der Waals surface area contributed by atoms with Crippen LogP contribution in [0.3, 0.4) is 0 Å². The zero-order valence-electron chi connectivity index (χ0n) is 34.3. The van der Waals surface area contributed by atoms with E-state index in [1.807, 2.05) is 47.0 Å². The predicted octanol–water partition coefficient (Wildman–Crippen LogP) is 8.90. The van der Waals surface area contributed by atoms with Crippen molar-refractivity contribution in [2.75, 3.05) is 40.0 Å². The molecular formula is C45H46F3N5O8. The molecule has 0 N–H and O–H groups in total. The fourth-order valence-electron chi connectivity index (χ4n) is 7.07. The molecule has 1 amide bonds. The first-order chi connectivity index (χ1) is 29.2. The summed E-state index contributed by atoms with van der Waals surface area (Å²) in [7, 11) is 1.24. The number of fused-ring (bicyclic) bond motifs is 7. The number of aromatic nitrogens is 3. The van der Waals surface area contributed by atoms with Crippen molar-refractivity contribution >= 4 is 28.8 Å². The summed E-state index contributed by atoms with van der Waals surface area (Å²) in [5.74, 6) is 1.11. The van der Waals surface area contributed by atoms with Gasteiger partial charge in [0.05, 0.1) is 56.3 Å². The number of halogens is 3. The molecule has 1 saturated heterocycles. The molecule has 61 heavy (non-hydrogen) atoms. The molecule has 2 aliphatic heterocycles. The maximum Gasteiger partial charge on any atom is 0.410 e. The Morgan fingerprint density at radius 3 is 2.54 bits per heavy atom. The van der Waals surface area contributed by atoms with Crippen molar-refractivity contribution in [1.82, 2.24) is 19.4 Å². The van der Waals surface area contributed by atoms with E-state index in [-0.39, 0.29) is 30.4 Å². The molecule has 5 aromatic rings. The minimum Gasteiger partial charge on any atom is -0.493 e. The van der Waals surface area contributed by atoms with Crippen LogP contribution in [0, 0.1) is 6.57 Å². The third-order valence-electron chi connectivity index (χ3n) is 10.1. The highest BCUT2D eigenvalue weighted by Gasteiger charge is 2.35. The molecule has 0 spiro atoms. The van der Waals surface area contributed by atoms with Crippen LogP contribution in [-0.4, -0.2) is 89.4 Å². The number of nitrogens with zero attached hydrogens (tertiary/aromatic N) is 5. The molecule has 13 nitrogen and oxygen atoms in total. The van der Waals surface area contributed by atoms with Crippen LogP contribution in [0.4, 0.5) is 23.7 Å². The molecule has 16 heteroatoms. The topological polar surface area (TPSA) is 128 Å². The quantitative estimate of drug-likeness (QED) is 0.0994. The second-order valence-electron chi connectivity index (χ2n) is 15.8. The lowest BCUT2D eigenvalue weighted by molar-refractivity contribution is -0.145. The Hall–Kier alpha value is -6.34. The molecule has 7 rings (SSSR count). The second-order valence-corrected chi connectivity index (χ2v) is 15.8. The van der Waals surface area contributed by atoms with Crippen LogP contribution < -0.4 is 14.2 Å². The van der Waals surface area contributed by atoms with Gasteiger partial charge in [-0.25, -0.2) is 24.4 Å². The van der Waals surface area contributed by atoms with E-state index in [0.717, 1.165) is 28.7 Å². The summed E-state index contributed by atoms with van der Waals surface area (Å²) in [6.45, 7) is 11.5.